The molecule has 0 aromatic heterocycles. The summed E-state index contributed by atoms with van der Waals surface area (Å²) in [6.45, 7) is 1.33. The normalized spacial score (nSPS) is 15.7. The zero-order chi connectivity index (χ0) is 15.4. The number of rotatable bonds is 4. The molecule has 1 aromatic carbocycles. The third-order valence-electron chi connectivity index (χ3n) is 3.76. The first-order valence-corrected chi connectivity index (χ1v) is 6.96. The Labute approximate surface area is 124 Å². The molecule has 1 saturated heterocycles. The van der Waals surface area contributed by atoms with E-state index in [1.807, 2.05) is 0 Å². The van der Waals surface area contributed by atoms with Gasteiger partial charge in [-0.05, 0) is 25.0 Å². The molecule has 0 spiro atoms. The molecule has 0 saturated carbocycles. The van der Waals surface area contributed by atoms with Crippen LogP contribution in [-0.4, -0.2) is 51.3 Å². The first-order valence-electron chi connectivity index (χ1n) is 6.96. The maximum Gasteiger partial charge on any atom is 0.257 e. The number of nitrogens with two attached hydrogens (primary N) is 1. The second-order valence-electron chi connectivity index (χ2n) is 5.01. The molecule has 0 unspecified atom stereocenters. The van der Waals surface area contributed by atoms with Gasteiger partial charge in [0, 0.05) is 19.1 Å². The first kappa shape index (κ1) is 15.4. The van der Waals surface area contributed by atoms with Gasteiger partial charge in [0.25, 0.3) is 5.91 Å². The lowest BCUT2D eigenvalue weighted by Gasteiger charge is -2.30. The van der Waals surface area contributed by atoms with E-state index in [4.69, 9.17) is 19.9 Å². The summed E-state index contributed by atoms with van der Waals surface area (Å²) in [5.74, 6) is 1.29. The number of piperidine rings is 1. The minimum atomic E-state index is -0.0697. The van der Waals surface area contributed by atoms with Gasteiger partial charge in [-0.25, -0.2) is 0 Å². The molecule has 1 aliphatic heterocycles. The Kier molecular flexibility index (Phi) is 4.90. The van der Waals surface area contributed by atoms with Crippen molar-refractivity contribution in [3.63, 3.8) is 0 Å². The molecule has 1 aliphatic rings. The van der Waals surface area contributed by atoms with Crippen molar-refractivity contribution in [1.82, 2.24) is 4.90 Å². The van der Waals surface area contributed by atoms with Crippen LogP contribution < -0.4 is 19.9 Å². The Balaban J connectivity index is 2.32. The number of nitrogens with zero attached hydrogens (tertiary/aromatic N) is 1. The van der Waals surface area contributed by atoms with E-state index < -0.39 is 0 Å². The lowest BCUT2D eigenvalue weighted by Crippen LogP contribution is -2.42. The highest BCUT2D eigenvalue weighted by Crippen LogP contribution is 2.40. The van der Waals surface area contributed by atoms with Crippen molar-refractivity contribution in [3.8, 4) is 17.2 Å². The van der Waals surface area contributed by atoms with Crippen LogP contribution in [-0.2, 0) is 0 Å². The van der Waals surface area contributed by atoms with E-state index in [1.54, 1.807) is 24.1 Å². The quantitative estimate of drug-likeness (QED) is 0.905. The number of benzene rings is 1. The summed E-state index contributed by atoms with van der Waals surface area (Å²) in [5, 5.41) is 0. The molecule has 2 N–H and O–H groups in total. The van der Waals surface area contributed by atoms with Gasteiger partial charge in [0.2, 0.25) is 5.75 Å². The number of hydrogen-bond acceptors (Lipinski definition) is 5. The number of amides is 1. The molecule has 2 rings (SSSR count). The van der Waals surface area contributed by atoms with Crippen LogP contribution >= 0.6 is 0 Å². The van der Waals surface area contributed by atoms with E-state index in [0.29, 0.717) is 35.9 Å². The van der Waals surface area contributed by atoms with Crippen molar-refractivity contribution < 1.29 is 19.0 Å². The topological polar surface area (TPSA) is 74.0 Å². The van der Waals surface area contributed by atoms with E-state index in [2.05, 4.69) is 0 Å². The number of methoxy groups -OCH3 is 3. The van der Waals surface area contributed by atoms with Crippen LogP contribution in [0.4, 0.5) is 0 Å². The van der Waals surface area contributed by atoms with Crippen molar-refractivity contribution in [2.24, 2.45) is 5.73 Å². The van der Waals surface area contributed by atoms with Gasteiger partial charge < -0.3 is 24.8 Å². The predicted molar refractivity (Wildman–Crippen MR) is 79.2 cm³/mol. The fourth-order valence-electron chi connectivity index (χ4n) is 2.54. The Morgan fingerprint density at radius 2 is 1.71 bits per heavy atom. The smallest absolute Gasteiger partial charge is 0.257 e. The van der Waals surface area contributed by atoms with E-state index in [0.717, 1.165) is 12.8 Å². The molecule has 116 valence electrons. The average Bonchev–Trinajstić information content (AvgIpc) is 2.53. The summed E-state index contributed by atoms with van der Waals surface area (Å²) in [7, 11) is 4.58. The molecular weight excluding hydrogens is 272 g/mol. The van der Waals surface area contributed by atoms with Crippen molar-refractivity contribution in [1.29, 1.82) is 0 Å². The fourth-order valence-corrected chi connectivity index (χ4v) is 2.54. The molecular formula is C15H22N2O4. The summed E-state index contributed by atoms with van der Waals surface area (Å²) < 4.78 is 15.9. The van der Waals surface area contributed by atoms with Gasteiger partial charge in [-0.15, -0.1) is 0 Å². The lowest BCUT2D eigenvalue weighted by molar-refractivity contribution is 0.0710. The number of hydrogen-bond donors (Lipinski definition) is 1. The second-order valence-corrected chi connectivity index (χ2v) is 5.01. The minimum absolute atomic E-state index is 0.0697. The van der Waals surface area contributed by atoms with Crippen LogP contribution in [0.3, 0.4) is 0 Å². The Hall–Kier alpha value is -1.95. The van der Waals surface area contributed by atoms with Gasteiger partial charge >= 0.3 is 0 Å². The van der Waals surface area contributed by atoms with Gasteiger partial charge in [-0.1, -0.05) is 0 Å². The first-order chi connectivity index (χ1) is 10.1. The molecule has 0 aliphatic carbocycles. The largest absolute Gasteiger partial charge is 0.493 e. The van der Waals surface area contributed by atoms with Crippen LogP contribution in [0.2, 0.25) is 0 Å². The van der Waals surface area contributed by atoms with Crippen LogP contribution in [0, 0.1) is 0 Å². The number of carbonyl (C=O) groups excluding carboxylic acids is 1. The lowest BCUT2D eigenvalue weighted by atomic mass is 10.0. The van der Waals surface area contributed by atoms with E-state index in [9.17, 15) is 4.79 Å². The summed E-state index contributed by atoms with van der Waals surface area (Å²) in [4.78, 5) is 14.5. The predicted octanol–water partition coefficient (Wildman–Crippen LogP) is 1.28. The third kappa shape index (κ3) is 3.05. The fraction of sp³-hybridized carbons (Fsp3) is 0.533. The number of ether oxygens (including phenoxy) is 3. The SMILES string of the molecule is COc1ccc(C(=O)N2CCC(N)CC2)c(OC)c1OC. The standard InChI is InChI=1S/C15H22N2O4/c1-19-12-5-4-11(13(20-2)14(12)21-3)15(18)17-8-6-10(16)7-9-17/h4-5,10H,6-9,16H2,1-3H3. The van der Waals surface area contributed by atoms with Crippen LogP contribution in [0.5, 0.6) is 17.2 Å². The molecule has 0 atom stereocenters. The maximum absolute atomic E-state index is 12.7. The highest BCUT2D eigenvalue weighted by molar-refractivity contribution is 5.98. The summed E-state index contributed by atoms with van der Waals surface area (Å²) in [6, 6.07) is 3.60. The molecule has 21 heavy (non-hydrogen) atoms. The summed E-state index contributed by atoms with van der Waals surface area (Å²) in [5.41, 5.74) is 6.35. The van der Waals surface area contributed by atoms with Crippen LogP contribution in [0.25, 0.3) is 0 Å². The Bertz CT molecular complexity index is 511. The minimum Gasteiger partial charge on any atom is -0.493 e. The van der Waals surface area contributed by atoms with Gasteiger partial charge in [0.15, 0.2) is 11.5 Å². The van der Waals surface area contributed by atoms with Crippen molar-refractivity contribution in [2.75, 3.05) is 34.4 Å². The second kappa shape index (κ2) is 6.67. The highest BCUT2D eigenvalue weighted by atomic mass is 16.5. The van der Waals surface area contributed by atoms with E-state index >= 15 is 0 Å². The van der Waals surface area contributed by atoms with Gasteiger partial charge in [-0.2, -0.15) is 0 Å². The monoisotopic (exact) mass is 294 g/mol. The van der Waals surface area contributed by atoms with Crippen molar-refractivity contribution >= 4 is 5.91 Å². The molecule has 6 heteroatoms. The van der Waals surface area contributed by atoms with E-state index in [1.165, 1.54) is 14.2 Å². The number of likely N-dealkylation sites (tertiary alicyclic amines) is 1. The van der Waals surface area contributed by atoms with Gasteiger partial charge in [0.05, 0.1) is 26.9 Å². The third-order valence-corrected chi connectivity index (χ3v) is 3.76. The molecule has 1 heterocycles. The molecule has 1 aromatic rings. The summed E-state index contributed by atoms with van der Waals surface area (Å²) >= 11 is 0. The Morgan fingerprint density at radius 1 is 1.10 bits per heavy atom. The summed E-state index contributed by atoms with van der Waals surface area (Å²) in [6.07, 6.45) is 1.64. The van der Waals surface area contributed by atoms with Gasteiger partial charge in [0.1, 0.15) is 0 Å². The van der Waals surface area contributed by atoms with Gasteiger partial charge in [-0.3, -0.25) is 4.79 Å². The van der Waals surface area contributed by atoms with E-state index in [-0.39, 0.29) is 11.9 Å². The zero-order valence-corrected chi connectivity index (χ0v) is 12.7. The molecule has 0 bridgehead atoms. The maximum atomic E-state index is 12.7. The highest BCUT2D eigenvalue weighted by Gasteiger charge is 2.26. The average molecular weight is 294 g/mol. The van der Waals surface area contributed by atoms with Crippen LogP contribution in [0.1, 0.15) is 23.2 Å². The van der Waals surface area contributed by atoms with Crippen LogP contribution in [0.15, 0.2) is 12.1 Å². The van der Waals surface area contributed by atoms with Crippen molar-refractivity contribution in [2.45, 2.75) is 18.9 Å². The van der Waals surface area contributed by atoms with Crippen molar-refractivity contribution in [3.05, 3.63) is 17.7 Å². The molecule has 1 fully saturated rings. The zero-order valence-electron chi connectivity index (χ0n) is 12.7. The Morgan fingerprint density at radius 3 is 2.24 bits per heavy atom. The molecule has 6 nitrogen and oxygen atoms in total. The number of carbonyl (C=O) groups is 1. The molecule has 0 radical (unpaired) electrons. The molecule has 1 amide bonds.